The van der Waals surface area contributed by atoms with Crippen molar-refractivity contribution in [1.29, 1.82) is 0 Å². The van der Waals surface area contributed by atoms with E-state index < -0.39 is 0 Å². The molecule has 0 radical (unpaired) electrons. The minimum atomic E-state index is 0.0515. The lowest BCUT2D eigenvalue weighted by Gasteiger charge is -2.32. The highest BCUT2D eigenvalue weighted by molar-refractivity contribution is 4.79. The van der Waals surface area contributed by atoms with Gasteiger partial charge in [0.15, 0.2) is 0 Å². The number of aliphatic hydroxyl groups excluding tert-OH is 1. The van der Waals surface area contributed by atoms with Gasteiger partial charge in [0.25, 0.3) is 0 Å². The third-order valence-corrected chi connectivity index (χ3v) is 2.88. The van der Waals surface area contributed by atoms with Crippen molar-refractivity contribution >= 4 is 0 Å². The van der Waals surface area contributed by atoms with Crippen LogP contribution in [0.25, 0.3) is 0 Å². The number of nitrogens with one attached hydrogen (secondary N) is 1. The van der Waals surface area contributed by atoms with Crippen LogP contribution < -0.4 is 5.32 Å². The van der Waals surface area contributed by atoms with E-state index >= 15 is 0 Å². The highest BCUT2D eigenvalue weighted by atomic mass is 16.5. The summed E-state index contributed by atoms with van der Waals surface area (Å²) in [6.07, 6.45) is 3.50. The average molecular weight is 217 g/mol. The van der Waals surface area contributed by atoms with Crippen LogP contribution in [-0.4, -0.2) is 50.2 Å². The topological polar surface area (TPSA) is 50.7 Å². The largest absolute Gasteiger partial charge is 0.395 e. The molecule has 0 aromatic carbocycles. The van der Waals surface area contributed by atoms with E-state index in [9.17, 15) is 0 Å². The van der Waals surface area contributed by atoms with Gasteiger partial charge in [0.05, 0.1) is 25.4 Å². The molecule has 3 unspecified atom stereocenters. The predicted molar refractivity (Wildman–Crippen MR) is 58.9 cm³/mol. The molecular formula is C11H23NO3. The van der Waals surface area contributed by atoms with E-state index in [1.54, 1.807) is 7.11 Å². The zero-order chi connectivity index (χ0) is 11.1. The summed E-state index contributed by atoms with van der Waals surface area (Å²) >= 11 is 0. The van der Waals surface area contributed by atoms with Crippen molar-refractivity contribution < 1.29 is 14.6 Å². The fraction of sp³-hybridized carbons (Fsp3) is 1.00. The summed E-state index contributed by atoms with van der Waals surface area (Å²) in [4.78, 5) is 0. The summed E-state index contributed by atoms with van der Waals surface area (Å²) in [5.41, 5.74) is 0. The molecule has 15 heavy (non-hydrogen) atoms. The lowest BCUT2D eigenvalue weighted by molar-refractivity contribution is -0.00599. The quantitative estimate of drug-likeness (QED) is 0.682. The van der Waals surface area contributed by atoms with Crippen LogP contribution >= 0.6 is 0 Å². The van der Waals surface area contributed by atoms with Crippen molar-refractivity contribution in [3.05, 3.63) is 0 Å². The second-order valence-corrected chi connectivity index (χ2v) is 4.12. The van der Waals surface area contributed by atoms with Gasteiger partial charge in [-0.25, -0.2) is 0 Å². The monoisotopic (exact) mass is 217 g/mol. The maximum atomic E-state index is 9.14. The Morgan fingerprint density at radius 1 is 1.60 bits per heavy atom. The highest BCUT2D eigenvalue weighted by Crippen LogP contribution is 2.16. The summed E-state index contributed by atoms with van der Waals surface area (Å²) in [5.74, 6) is 0. The van der Waals surface area contributed by atoms with Gasteiger partial charge in [0, 0.05) is 19.8 Å². The predicted octanol–water partition coefficient (Wildman–Crippen LogP) is 0.541. The molecule has 4 heteroatoms. The van der Waals surface area contributed by atoms with E-state index in [2.05, 4.69) is 12.2 Å². The molecule has 0 bridgehead atoms. The smallest absolute Gasteiger partial charge is 0.0638 e. The molecule has 0 aromatic heterocycles. The maximum Gasteiger partial charge on any atom is 0.0638 e. The lowest BCUT2D eigenvalue weighted by atomic mass is 10.0. The van der Waals surface area contributed by atoms with Gasteiger partial charge in [-0.1, -0.05) is 6.92 Å². The van der Waals surface area contributed by atoms with Crippen LogP contribution in [0.1, 0.15) is 26.2 Å². The number of ether oxygens (including phenoxy) is 2. The van der Waals surface area contributed by atoms with Crippen molar-refractivity contribution in [2.45, 2.75) is 44.4 Å². The lowest BCUT2D eigenvalue weighted by Crippen LogP contribution is -2.47. The van der Waals surface area contributed by atoms with Crippen LogP contribution in [-0.2, 0) is 9.47 Å². The minimum absolute atomic E-state index is 0.0515. The average Bonchev–Trinajstić information content (AvgIpc) is 2.29. The molecule has 1 fully saturated rings. The van der Waals surface area contributed by atoms with Gasteiger partial charge in [-0.2, -0.15) is 0 Å². The number of hydrogen-bond donors (Lipinski definition) is 2. The molecule has 2 N–H and O–H groups in total. The molecule has 0 aromatic rings. The second-order valence-electron chi connectivity index (χ2n) is 4.12. The van der Waals surface area contributed by atoms with E-state index in [4.69, 9.17) is 14.6 Å². The van der Waals surface area contributed by atoms with Crippen LogP contribution in [0.4, 0.5) is 0 Å². The third kappa shape index (κ3) is 4.47. The van der Waals surface area contributed by atoms with E-state index in [1.807, 2.05) is 0 Å². The Bertz CT molecular complexity index is 166. The van der Waals surface area contributed by atoms with Gasteiger partial charge < -0.3 is 19.9 Å². The van der Waals surface area contributed by atoms with Crippen molar-refractivity contribution in [2.24, 2.45) is 0 Å². The van der Waals surface area contributed by atoms with Gasteiger partial charge in [-0.05, 0) is 19.3 Å². The molecule has 0 amide bonds. The van der Waals surface area contributed by atoms with Crippen LogP contribution in [0, 0.1) is 0 Å². The van der Waals surface area contributed by atoms with Gasteiger partial charge in [-0.3, -0.25) is 0 Å². The normalized spacial score (nSPS) is 29.0. The molecule has 1 saturated heterocycles. The molecular weight excluding hydrogens is 194 g/mol. The van der Waals surface area contributed by atoms with Crippen molar-refractivity contribution in [3.63, 3.8) is 0 Å². The van der Waals surface area contributed by atoms with Crippen LogP contribution in [0.15, 0.2) is 0 Å². The third-order valence-electron chi connectivity index (χ3n) is 2.88. The van der Waals surface area contributed by atoms with Crippen LogP contribution in [0.5, 0.6) is 0 Å². The Morgan fingerprint density at radius 3 is 3.00 bits per heavy atom. The van der Waals surface area contributed by atoms with Crippen molar-refractivity contribution in [3.8, 4) is 0 Å². The first-order chi connectivity index (χ1) is 7.30. The molecule has 1 rings (SSSR count). The zero-order valence-corrected chi connectivity index (χ0v) is 9.74. The highest BCUT2D eigenvalue weighted by Gasteiger charge is 2.23. The molecule has 0 aliphatic carbocycles. The molecule has 90 valence electrons. The summed E-state index contributed by atoms with van der Waals surface area (Å²) in [6, 6.07) is 0.506. The number of rotatable bonds is 6. The fourth-order valence-electron chi connectivity index (χ4n) is 2.00. The van der Waals surface area contributed by atoms with Gasteiger partial charge >= 0.3 is 0 Å². The van der Waals surface area contributed by atoms with Gasteiger partial charge in [0.2, 0.25) is 0 Å². The summed E-state index contributed by atoms with van der Waals surface area (Å²) in [6.45, 7) is 3.65. The molecule has 4 nitrogen and oxygen atoms in total. The number of aliphatic hydroxyl groups is 1. The summed E-state index contributed by atoms with van der Waals surface area (Å²) < 4.78 is 10.6. The Kier molecular flexibility index (Phi) is 6.17. The first-order valence-corrected chi connectivity index (χ1v) is 5.77. The zero-order valence-electron chi connectivity index (χ0n) is 9.74. The molecule has 1 aliphatic heterocycles. The Balaban J connectivity index is 2.29. The van der Waals surface area contributed by atoms with E-state index in [0.29, 0.717) is 18.8 Å². The standard InChI is InChI=1S/C11H23NO3/c1-3-11-6-9(4-5-15-11)12-10(7-13)8-14-2/h9-13H,3-8H2,1-2H3. The van der Waals surface area contributed by atoms with Gasteiger partial charge in [0.1, 0.15) is 0 Å². The fourth-order valence-corrected chi connectivity index (χ4v) is 2.00. The molecule has 1 aliphatic rings. The number of hydrogen-bond acceptors (Lipinski definition) is 4. The maximum absolute atomic E-state index is 9.14. The first kappa shape index (κ1) is 12.9. The van der Waals surface area contributed by atoms with E-state index in [-0.39, 0.29) is 12.6 Å². The summed E-state index contributed by atoms with van der Waals surface area (Å²) in [5, 5.41) is 12.6. The van der Waals surface area contributed by atoms with Crippen LogP contribution in [0.3, 0.4) is 0 Å². The molecule has 3 atom stereocenters. The van der Waals surface area contributed by atoms with Crippen molar-refractivity contribution in [2.75, 3.05) is 26.9 Å². The number of methoxy groups -OCH3 is 1. The van der Waals surface area contributed by atoms with Gasteiger partial charge in [-0.15, -0.1) is 0 Å². The van der Waals surface area contributed by atoms with Crippen molar-refractivity contribution in [1.82, 2.24) is 5.32 Å². The van der Waals surface area contributed by atoms with E-state index in [1.165, 1.54) is 0 Å². The Morgan fingerprint density at radius 2 is 2.40 bits per heavy atom. The summed E-state index contributed by atoms with van der Waals surface area (Å²) in [7, 11) is 1.66. The Hall–Kier alpha value is -0.160. The van der Waals surface area contributed by atoms with E-state index in [0.717, 1.165) is 25.9 Å². The molecule has 1 heterocycles. The Labute approximate surface area is 92.0 Å². The molecule has 0 saturated carbocycles. The first-order valence-electron chi connectivity index (χ1n) is 5.77. The van der Waals surface area contributed by atoms with Crippen LogP contribution in [0.2, 0.25) is 0 Å². The molecule has 0 spiro atoms. The minimum Gasteiger partial charge on any atom is -0.395 e. The second kappa shape index (κ2) is 7.17. The SMILES string of the molecule is CCC1CC(NC(CO)COC)CCO1.